The zero-order chi connectivity index (χ0) is 12.1. The third-order valence-corrected chi connectivity index (χ3v) is 2.82. The molecule has 1 heterocycles. The fourth-order valence-electron chi connectivity index (χ4n) is 1.76. The van der Waals surface area contributed by atoms with E-state index in [1.807, 2.05) is 24.3 Å². The maximum Gasteiger partial charge on any atom is 0.224 e. The number of nitrogens with zero attached hydrogens (tertiary/aromatic N) is 2. The van der Waals surface area contributed by atoms with Crippen molar-refractivity contribution < 1.29 is 0 Å². The second-order valence-corrected chi connectivity index (χ2v) is 4.33. The molecule has 2 aromatic rings. The molecule has 0 aliphatic rings. The SMILES string of the molecule is CCCCCNc1nc(Cl)nc2ccccc12. The number of benzene rings is 1. The monoisotopic (exact) mass is 249 g/mol. The Labute approximate surface area is 106 Å². The highest BCUT2D eigenvalue weighted by atomic mass is 35.5. The summed E-state index contributed by atoms with van der Waals surface area (Å²) in [6, 6.07) is 7.89. The van der Waals surface area contributed by atoms with Crippen molar-refractivity contribution in [1.29, 1.82) is 0 Å². The van der Waals surface area contributed by atoms with Crippen LogP contribution in [0.4, 0.5) is 5.82 Å². The Balaban J connectivity index is 2.20. The first-order valence-electron chi connectivity index (χ1n) is 5.97. The van der Waals surface area contributed by atoms with E-state index >= 15 is 0 Å². The zero-order valence-electron chi connectivity index (χ0n) is 9.91. The van der Waals surface area contributed by atoms with E-state index in [2.05, 4.69) is 22.2 Å². The van der Waals surface area contributed by atoms with Crippen LogP contribution in [-0.4, -0.2) is 16.5 Å². The van der Waals surface area contributed by atoms with E-state index in [0.717, 1.165) is 29.7 Å². The molecule has 1 aromatic heterocycles. The molecule has 90 valence electrons. The number of halogens is 1. The molecule has 0 radical (unpaired) electrons. The van der Waals surface area contributed by atoms with Crippen LogP contribution in [0.15, 0.2) is 24.3 Å². The molecule has 2 rings (SSSR count). The lowest BCUT2D eigenvalue weighted by Gasteiger charge is -2.08. The van der Waals surface area contributed by atoms with Gasteiger partial charge in [-0.05, 0) is 30.2 Å². The van der Waals surface area contributed by atoms with Crippen LogP contribution in [0.2, 0.25) is 5.28 Å². The molecule has 1 aromatic carbocycles. The average Bonchev–Trinajstić information content (AvgIpc) is 2.34. The fourth-order valence-corrected chi connectivity index (χ4v) is 1.94. The quantitative estimate of drug-likeness (QED) is 0.645. The molecule has 0 bridgehead atoms. The number of fused-ring (bicyclic) bond motifs is 1. The molecular formula is C13H16ClN3. The number of aromatic nitrogens is 2. The van der Waals surface area contributed by atoms with E-state index in [0.29, 0.717) is 5.28 Å². The Bertz CT molecular complexity index is 499. The predicted octanol–water partition coefficient (Wildman–Crippen LogP) is 3.89. The van der Waals surface area contributed by atoms with Gasteiger partial charge in [0.05, 0.1) is 5.52 Å². The Morgan fingerprint density at radius 2 is 2.00 bits per heavy atom. The van der Waals surface area contributed by atoms with Crippen LogP contribution < -0.4 is 5.32 Å². The number of hydrogen-bond donors (Lipinski definition) is 1. The van der Waals surface area contributed by atoms with Crippen molar-refractivity contribution in [3.8, 4) is 0 Å². The van der Waals surface area contributed by atoms with Crippen molar-refractivity contribution in [3.05, 3.63) is 29.5 Å². The number of para-hydroxylation sites is 1. The van der Waals surface area contributed by atoms with Gasteiger partial charge in [0.25, 0.3) is 0 Å². The molecule has 1 N–H and O–H groups in total. The van der Waals surface area contributed by atoms with E-state index in [9.17, 15) is 0 Å². The molecule has 4 heteroatoms. The summed E-state index contributed by atoms with van der Waals surface area (Å²) in [4.78, 5) is 8.44. The van der Waals surface area contributed by atoms with Crippen molar-refractivity contribution in [2.24, 2.45) is 0 Å². The third-order valence-electron chi connectivity index (χ3n) is 2.65. The van der Waals surface area contributed by atoms with E-state index in [1.165, 1.54) is 12.8 Å². The summed E-state index contributed by atoms with van der Waals surface area (Å²) in [6.45, 7) is 3.11. The molecule has 3 nitrogen and oxygen atoms in total. The standard InChI is InChI=1S/C13H16ClN3/c1-2-3-6-9-15-12-10-7-4-5-8-11(10)16-13(14)17-12/h4-5,7-8H,2-3,6,9H2,1H3,(H,15,16,17). The molecule has 0 amide bonds. The topological polar surface area (TPSA) is 37.8 Å². The normalized spacial score (nSPS) is 10.7. The lowest BCUT2D eigenvalue weighted by molar-refractivity contribution is 0.742. The minimum Gasteiger partial charge on any atom is -0.369 e. The van der Waals surface area contributed by atoms with Crippen LogP contribution in [0.5, 0.6) is 0 Å². The summed E-state index contributed by atoms with van der Waals surface area (Å²) in [5.74, 6) is 0.830. The van der Waals surface area contributed by atoms with E-state index in [-0.39, 0.29) is 0 Å². The van der Waals surface area contributed by atoms with Crippen molar-refractivity contribution in [1.82, 2.24) is 9.97 Å². The third kappa shape index (κ3) is 3.07. The summed E-state index contributed by atoms with van der Waals surface area (Å²) in [7, 11) is 0. The highest BCUT2D eigenvalue weighted by Crippen LogP contribution is 2.21. The Morgan fingerprint density at radius 1 is 1.18 bits per heavy atom. The number of hydrogen-bond acceptors (Lipinski definition) is 3. The summed E-state index contributed by atoms with van der Waals surface area (Å²) < 4.78 is 0. The van der Waals surface area contributed by atoms with Gasteiger partial charge in [-0.3, -0.25) is 0 Å². The maximum absolute atomic E-state index is 5.90. The van der Waals surface area contributed by atoms with Gasteiger partial charge in [0.15, 0.2) is 0 Å². The van der Waals surface area contributed by atoms with E-state index in [1.54, 1.807) is 0 Å². The Morgan fingerprint density at radius 3 is 2.82 bits per heavy atom. The van der Waals surface area contributed by atoms with E-state index < -0.39 is 0 Å². The molecule has 0 aliphatic heterocycles. The van der Waals surface area contributed by atoms with Crippen LogP contribution in [-0.2, 0) is 0 Å². The lowest BCUT2D eigenvalue weighted by atomic mass is 10.2. The first kappa shape index (κ1) is 12.1. The van der Waals surface area contributed by atoms with Crippen molar-refractivity contribution >= 4 is 28.3 Å². The van der Waals surface area contributed by atoms with E-state index in [4.69, 9.17) is 11.6 Å². The van der Waals surface area contributed by atoms with Gasteiger partial charge in [0, 0.05) is 11.9 Å². The summed E-state index contributed by atoms with van der Waals surface area (Å²) in [6.07, 6.45) is 3.59. The minimum atomic E-state index is 0.293. The lowest BCUT2D eigenvalue weighted by Crippen LogP contribution is -2.04. The highest BCUT2D eigenvalue weighted by Gasteiger charge is 2.04. The van der Waals surface area contributed by atoms with Crippen LogP contribution in [0, 0.1) is 0 Å². The molecule has 0 saturated heterocycles. The first-order valence-corrected chi connectivity index (χ1v) is 6.35. The number of unbranched alkanes of at least 4 members (excludes halogenated alkanes) is 2. The van der Waals surface area contributed by atoms with Crippen molar-refractivity contribution in [2.75, 3.05) is 11.9 Å². The molecule has 17 heavy (non-hydrogen) atoms. The highest BCUT2D eigenvalue weighted by molar-refractivity contribution is 6.28. The van der Waals surface area contributed by atoms with Gasteiger partial charge in [-0.15, -0.1) is 0 Å². The Kier molecular flexibility index (Phi) is 4.15. The first-order chi connectivity index (χ1) is 8.31. The predicted molar refractivity (Wildman–Crippen MR) is 72.6 cm³/mol. The van der Waals surface area contributed by atoms with Crippen LogP contribution >= 0.6 is 11.6 Å². The minimum absolute atomic E-state index is 0.293. The summed E-state index contributed by atoms with van der Waals surface area (Å²) in [5.41, 5.74) is 0.880. The molecule has 0 aliphatic carbocycles. The van der Waals surface area contributed by atoms with Gasteiger partial charge in [-0.2, -0.15) is 0 Å². The van der Waals surface area contributed by atoms with Gasteiger partial charge in [0.1, 0.15) is 5.82 Å². The van der Waals surface area contributed by atoms with Crippen LogP contribution in [0.3, 0.4) is 0 Å². The smallest absolute Gasteiger partial charge is 0.224 e. The maximum atomic E-state index is 5.90. The number of anilines is 1. The second kappa shape index (κ2) is 5.82. The molecule has 0 atom stereocenters. The molecule has 0 saturated carbocycles. The van der Waals surface area contributed by atoms with Gasteiger partial charge in [-0.1, -0.05) is 31.9 Å². The van der Waals surface area contributed by atoms with Crippen molar-refractivity contribution in [3.63, 3.8) is 0 Å². The average molecular weight is 250 g/mol. The number of rotatable bonds is 5. The number of nitrogens with one attached hydrogen (secondary N) is 1. The molecule has 0 spiro atoms. The fraction of sp³-hybridized carbons (Fsp3) is 0.385. The van der Waals surface area contributed by atoms with Crippen molar-refractivity contribution in [2.45, 2.75) is 26.2 Å². The van der Waals surface area contributed by atoms with Crippen LogP contribution in [0.1, 0.15) is 26.2 Å². The summed E-state index contributed by atoms with van der Waals surface area (Å²) in [5, 5.41) is 4.64. The largest absolute Gasteiger partial charge is 0.369 e. The second-order valence-electron chi connectivity index (χ2n) is 3.99. The van der Waals surface area contributed by atoms with Gasteiger partial charge >= 0.3 is 0 Å². The zero-order valence-corrected chi connectivity index (χ0v) is 10.7. The van der Waals surface area contributed by atoms with Crippen LogP contribution in [0.25, 0.3) is 10.9 Å². The molecule has 0 fully saturated rings. The Hall–Kier alpha value is -1.35. The van der Waals surface area contributed by atoms with Gasteiger partial charge in [0.2, 0.25) is 5.28 Å². The van der Waals surface area contributed by atoms with Gasteiger partial charge in [-0.25, -0.2) is 9.97 Å². The molecular weight excluding hydrogens is 234 g/mol. The van der Waals surface area contributed by atoms with Gasteiger partial charge < -0.3 is 5.32 Å². The summed E-state index contributed by atoms with van der Waals surface area (Å²) >= 11 is 5.90. The molecule has 0 unspecified atom stereocenters.